The van der Waals surface area contributed by atoms with Crippen molar-refractivity contribution in [2.75, 3.05) is 6.61 Å². The Morgan fingerprint density at radius 2 is 2.06 bits per heavy atom. The fourth-order valence-corrected chi connectivity index (χ4v) is 2.42. The van der Waals surface area contributed by atoms with E-state index in [1.165, 1.54) is 5.56 Å². The van der Waals surface area contributed by atoms with Crippen molar-refractivity contribution in [1.82, 2.24) is 4.90 Å². The third-order valence-electron chi connectivity index (χ3n) is 3.25. The topological polar surface area (TPSA) is 49.5 Å². The van der Waals surface area contributed by atoms with Crippen LogP contribution in [0, 0.1) is 0 Å². The number of esters is 1. The molecule has 2 heterocycles. The van der Waals surface area contributed by atoms with Gasteiger partial charge in [0.25, 0.3) is 0 Å². The Morgan fingerprint density at radius 1 is 1.31 bits per heavy atom. The van der Waals surface area contributed by atoms with E-state index < -0.39 is 0 Å². The molecule has 0 spiro atoms. The number of carbonyl (C=O) groups excluding carboxylic acids is 1. The Morgan fingerprint density at radius 3 is 2.75 bits per heavy atom. The molecule has 0 aromatic heterocycles. The Kier molecular flexibility index (Phi) is 2.19. The fraction of sp³-hybridized carbons (Fsp3) is 0.417. The number of carbonyl (C=O) groups is 1. The third kappa shape index (κ3) is 1.42. The first-order valence-electron chi connectivity index (χ1n) is 5.42. The standard InChI is InChI=1S/C12H13NO3/c14-7-9-10-11(12(15)16-9)13(10)6-8-4-2-1-3-5-8/h1-5,9-11,14H,6-7H2/t9-,10+,11+,13?/m1/s1. The van der Waals surface area contributed by atoms with E-state index in [0.29, 0.717) is 0 Å². The zero-order valence-electron chi connectivity index (χ0n) is 8.74. The minimum Gasteiger partial charge on any atom is -0.457 e. The molecule has 0 bridgehead atoms. The molecule has 2 aliphatic heterocycles. The lowest BCUT2D eigenvalue weighted by Gasteiger charge is -2.14. The molecule has 4 heteroatoms. The van der Waals surface area contributed by atoms with E-state index in [2.05, 4.69) is 4.90 Å². The van der Waals surface area contributed by atoms with E-state index in [1.807, 2.05) is 30.3 Å². The molecule has 1 aromatic rings. The SMILES string of the molecule is O=C1O[C@H](CO)[C@H]2[C@@H]1N2Cc1ccccc1. The molecule has 1 unspecified atom stereocenters. The molecule has 0 amide bonds. The Hall–Kier alpha value is -1.39. The monoisotopic (exact) mass is 219 g/mol. The van der Waals surface area contributed by atoms with Gasteiger partial charge in [0.2, 0.25) is 0 Å². The fourth-order valence-electron chi connectivity index (χ4n) is 2.42. The predicted molar refractivity (Wildman–Crippen MR) is 56.5 cm³/mol. The minimum absolute atomic E-state index is 0.0812. The van der Waals surface area contributed by atoms with Crippen molar-refractivity contribution in [3.63, 3.8) is 0 Å². The maximum Gasteiger partial charge on any atom is 0.325 e. The van der Waals surface area contributed by atoms with Gasteiger partial charge >= 0.3 is 5.97 Å². The molecule has 16 heavy (non-hydrogen) atoms. The predicted octanol–water partition coefficient (Wildman–Crippen LogP) is 0.157. The number of hydrogen-bond acceptors (Lipinski definition) is 4. The van der Waals surface area contributed by atoms with E-state index in [1.54, 1.807) is 0 Å². The quantitative estimate of drug-likeness (QED) is 0.581. The van der Waals surface area contributed by atoms with Crippen molar-refractivity contribution in [1.29, 1.82) is 0 Å². The van der Waals surface area contributed by atoms with Gasteiger partial charge in [-0.25, -0.2) is 0 Å². The molecule has 2 aliphatic rings. The lowest BCUT2D eigenvalue weighted by Crippen LogP contribution is -2.27. The molecule has 0 aliphatic carbocycles. The highest BCUT2D eigenvalue weighted by atomic mass is 16.6. The number of benzene rings is 1. The third-order valence-corrected chi connectivity index (χ3v) is 3.25. The molecular formula is C12H13NO3. The summed E-state index contributed by atoms with van der Waals surface area (Å²) in [5, 5.41) is 9.06. The van der Waals surface area contributed by atoms with E-state index in [4.69, 9.17) is 9.84 Å². The number of morpholine rings is 1. The van der Waals surface area contributed by atoms with E-state index in [9.17, 15) is 4.79 Å². The minimum atomic E-state index is -0.332. The number of fused-ring (bicyclic) bond motifs is 1. The van der Waals surface area contributed by atoms with Crippen molar-refractivity contribution in [2.45, 2.75) is 24.7 Å². The number of aliphatic hydroxyl groups is 1. The van der Waals surface area contributed by atoms with E-state index >= 15 is 0 Å². The zero-order chi connectivity index (χ0) is 11.1. The van der Waals surface area contributed by atoms with Gasteiger partial charge in [-0.05, 0) is 5.56 Å². The second-order valence-electron chi connectivity index (χ2n) is 4.25. The maximum absolute atomic E-state index is 11.4. The molecule has 1 N–H and O–H groups in total. The van der Waals surface area contributed by atoms with E-state index in [0.717, 1.165) is 6.54 Å². The van der Waals surface area contributed by atoms with Crippen molar-refractivity contribution in [3.05, 3.63) is 35.9 Å². The largest absolute Gasteiger partial charge is 0.457 e. The van der Waals surface area contributed by atoms with E-state index in [-0.39, 0.29) is 30.8 Å². The number of cyclic esters (lactones) is 1. The summed E-state index contributed by atoms with van der Waals surface area (Å²) in [4.78, 5) is 13.5. The molecule has 2 saturated heterocycles. The van der Waals surface area contributed by atoms with Gasteiger partial charge in [-0.2, -0.15) is 0 Å². The highest BCUT2D eigenvalue weighted by molar-refractivity contribution is 5.83. The molecule has 4 nitrogen and oxygen atoms in total. The Labute approximate surface area is 93.4 Å². The highest BCUT2D eigenvalue weighted by Crippen LogP contribution is 2.40. The molecule has 3 rings (SSSR count). The van der Waals surface area contributed by atoms with Gasteiger partial charge in [-0.1, -0.05) is 30.3 Å². The molecule has 0 saturated carbocycles. The first-order valence-corrected chi connectivity index (χ1v) is 5.42. The summed E-state index contributed by atoms with van der Waals surface area (Å²) < 4.78 is 5.01. The molecule has 84 valence electrons. The summed E-state index contributed by atoms with van der Waals surface area (Å²) in [5.41, 5.74) is 1.18. The van der Waals surface area contributed by atoms with Crippen molar-refractivity contribution in [3.8, 4) is 0 Å². The van der Waals surface area contributed by atoms with Crippen LogP contribution < -0.4 is 0 Å². The second kappa shape index (κ2) is 3.57. The lowest BCUT2D eigenvalue weighted by molar-refractivity contribution is -0.147. The molecule has 1 aromatic carbocycles. The van der Waals surface area contributed by atoms with Crippen LogP contribution in [0.2, 0.25) is 0 Å². The Bertz CT molecular complexity index is 406. The number of aliphatic hydroxyl groups excluding tert-OH is 1. The van der Waals surface area contributed by atoms with Crippen molar-refractivity contribution in [2.24, 2.45) is 0 Å². The van der Waals surface area contributed by atoms with Crippen LogP contribution in [0.15, 0.2) is 30.3 Å². The number of rotatable bonds is 3. The van der Waals surface area contributed by atoms with Gasteiger partial charge in [-0.3, -0.25) is 9.69 Å². The highest BCUT2D eigenvalue weighted by Gasteiger charge is 2.63. The normalized spacial score (nSPS) is 35.7. The summed E-state index contributed by atoms with van der Waals surface area (Å²) in [6.07, 6.45) is -0.332. The van der Waals surface area contributed by atoms with Crippen LogP contribution in [0.25, 0.3) is 0 Å². The van der Waals surface area contributed by atoms with Crippen LogP contribution in [0.3, 0.4) is 0 Å². The van der Waals surface area contributed by atoms with Gasteiger partial charge in [-0.15, -0.1) is 0 Å². The van der Waals surface area contributed by atoms with Gasteiger partial charge in [0.05, 0.1) is 12.6 Å². The van der Waals surface area contributed by atoms with Gasteiger partial charge in [0.1, 0.15) is 12.1 Å². The van der Waals surface area contributed by atoms with Crippen LogP contribution in [-0.4, -0.2) is 40.8 Å². The summed E-state index contributed by atoms with van der Waals surface area (Å²) >= 11 is 0. The molecule has 0 radical (unpaired) electrons. The van der Waals surface area contributed by atoms with Gasteiger partial charge in [0.15, 0.2) is 0 Å². The summed E-state index contributed by atoms with van der Waals surface area (Å²) in [7, 11) is 0. The van der Waals surface area contributed by atoms with Crippen LogP contribution in [0.5, 0.6) is 0 Å². The smallest absolute Gasteiger partial charge is 0.325 e. The lowest BCUT2D eigenvalue weighted by atomic mass is 10.2. The molecular weight excluding hydrogens is 206 g/mol. The van der Waals surface area contributed by atoms with Crippen LogP contribution >= 0.6 is 0 Å². The summed E-state index contributed by atoms with van der Waals surface area (Å²) in [6, 6.07) is 9.96. The van der Waals surface area contributed by atoms with Crippen molar-refractivity contribution < 1.29 is 14.6 Å². The van der Waals surface area contributed by atoms with Crippen molar-refractivity contribution >= 4 is 5.97 Å². The number of ether oxygens (including phenoxy) is 1. The average molecular weight is 219 g/mol. The second-order valence-corrected chi connectivity index (χ2v) is 4.25. The summed E-state index contributed by atoms with van der Waals surface area (Å²) in [5.74, 6) is -0.194. The maximum atomic E-state index is 11.4. The van der Waals surface area contributed by atoms with Gasteiger partial charge in [0, 0.05) is 6.54 Å². The van der Waals surface area contributed by atoms with Crippen LogP contribution in [-0.2, 0) is 16.1 Å². The molecule has 4 atom stereocenters. The first-order chi connectivity index (χ1) is 7.81. The zero-order valence-corrected chi connectivity index (χ0v) is 8.74. The number of hydrogen-bond donors (Lipinski definition) is 1. The summed E-state index contributed by atoms with van der Waals surface area (Å²) in [6.45, 7) is 0.667. The molecule has 2 fully saturated rings. The van der Waals surface area contributed by atoms with Crippen LogP contribution in [0.4, 0.5) is 0 Å². The van der Waals surface area contributed by atoms with Gasteiger partial charge < -0.3 is 9.84 Å². The Balaban J connectivity index is 1.70. The number of nitrogens with zero attached hydrogens (tertiary/aromatic N) is 1. The first kappa shape index (κ1) is 9.81. The average Bonchev–Trinajstić information content (AvgIpc) is 2.90. The van der Waals surface area contributed by atoms with Crippen LogP contribution in [0.1, 0.15) is 5.56 Å².